The largest absolute Gasteiger partial charge is 0.383 e. The summed E-state index contributed by atoms with van der Waals surface area (Å²) < 4.78 is 4.92. The number of methoxy groups -OCH3 is 1. The zero-order chi connectivity index (χ0) is 13.4. The van der Waals surface area contributed by atoms with Gasteiger partial charge in [-0.05, 0) is 29.9 Å². The molecule has 3 rings (SSSR count). The van der Waals surface area contributed by atoms with Gasteiger partial charge in [0, 0.05) is 19.1 Å². The highest BCUT2D eigenvalue weighted by atomic mass is 16.5. The van der Waals surface area contributed by atoms with Crippen molar-refractivity contribution in [3.63, 3.8) is 0 Å². The fraction of sp³-hybridized carbons (Fsp3) is 0.533. The number of nitrogens with one attached hydrogen (secondary N) is 1. The van der Waals surface area contributed by atoms with E-state index in [1.165, 1.54) is 11.1 Å². The second-order valence-electron chi connectivity index (χ2n) is 5.52. The molecule has 0 heterocycles. The molecule has 102 valence electrons. The van der Waals surface area contributed by atoms with E-state index in [1.54, 1.807) is 7.11 Å². The molecule has 19 heavy (non-hydrogen) atoms. The van der Waals surface area contributed by atoms with Gasteiger partial charge >= 0.3 is 0 Å². The van der Waals surface area contributed by atoms with Crippen molar-refractivity contribution >= 4 is 5.91 Å². The van der Waals surface area contributed by atoms with Crippen molar-refractivity contribution in [2.45, 2.75) is 30.8 Å². The third-order valence-electron chi connectivity index (χ3n) is 4.32. The number of hydrogen-bond donors (Lipinski definition) is 2. The topological polar surface area (TPSA) is 64.3 Å². The summed E-state index contributed by atoms with van der Waals surface area (Å²) in [6.45, 7) is 0.268. The number of amides is 1. The van der Waals surface area contributed by atoms with Crippen molar-refractivity contribution < 1.29 is 9.53 Å². The van der Waals surface area contributed by atoms with Crippen molar-refractivity contribution in [2.75, 3.05) is 13.7 Å². The predicted octanol–water partition coefficient (Wildman–Crippen LogP) is 0.805. The Morgan fingerprint density at radius 3 is 3.11 bits per heavy atom. The molecule has 0 bridgehead atoms. The standard InChI is InChI=1S/C15H20N2O2/c1-19-8-12(16)15(18)17-14-11-7-6-9-4-2-3-5-10(9)13(11)14/h2-5,11-14H,6-8,16H2,1H3,(H,17,18). The first-order chi connectivity index (χ1) is 9.22. The van der Waals surface area contributed by atoms with Gasteiger partial charge < -0.3 is 15.8 Å². The van der Waals surface area contributed by atoms with Crippen molar-refractivity contribution in [1.82, 2.24) is 5.32 Å². The summed E-state index contributed by atoms with van der Waals surface area (Å²) in [6, 6.07) is 8.24. The number of ether oxygens (including phenoxy) is 1. The third kappa shape index (κ3) is 2.26. The highest BCUT2D eigenvalue weighted by Crippen LogP contribution is 2.54. The maximum Gasteiger partial charge on any atom is 0.239 e. The van der Waals surface area contributed by atoms with Gasteiger partial charge in [0.2, 0.25) is 5.91 Å². The van der Waals surface area contributed by atoms with Gasteiger partial charge in [-0.15, -0.1) is 0 Å². The van der Waals surface area contributed by atoms with E-state index in [4.69, 9.17) is 10.5 Å². The SMILES string of the molecule is COCC(N)C(=O)NC1C2CCc3ccccc3C21. The molecule has 4 unspecified atom stereocenters. The van der Waals surface area contributed by atoms with E-state index < -0.39 is 6.04 Å². The van der Waals surface area contributed by atoms with E-state index in [2.05, 4.69) is 29.6 Å². The number of carbonyl (C=O) groups excluding carboxylic acids is 1. The minimum absolute atomic E-state index is 0.0984. The highest BCUT2D eigenvalue weighted by molar-refractivity contribution is 5.82. The van der Waals surface area contributed by atoms with Crippen molar-refractivity contribution in [2.24, 2.45) is 11.7 Å². The van der Waals surface area contributed by atoms with Gasteiger partial charge in [0.1, 0.15) is 6.04 Å². The van der Waals surface area contributed by atoms with E-state index >= 15 is 0 Å². The van der Waals surface area contributed by atoms with Gasteiger partial charge in [-0.25, -0.2) is 0 Å². The first-order valence-corrected chi connectivity index (χ1v) is 6.85. The van der Waals surface area contributed by atoms with E-state index in [-0.39, 0.29) is 18.6 Å². The number of rotatable bonds is 4. The first-order valence-electron chi connectivity index (χ1n) is 6.85. The van der Waals surface area contributed by atoms with Crippen LogP contribution >= 0.6 is 0 Å². The average Bonchev–Trinajstić information content (AvgIpc) is 3.13. The van der Waals surface area contributed by atoms with Gasteiger partial charge in [-0.1, -0.05) is 24.3 Å². The average molecular weight is 260 g/mol. The molecular weight excluding hydrogens is 240 g/mol. The molecule has 4 atom stereocenters. The van der Waals surface area contributed by atoms with Crippen LogP contribution in [0.5, 0.6) is 0 Å². The van der Waals surface area contributed by atoms with Crippen LogP contribution in [0.3, 0.4) is 0 Å². The summed E-state index contributed by atoms with van der Waals surface area (Å²) in [6.07, 6.45) is 2.28. The number of nitrogens with two attached hydrogens (primary N) is 1. The van der Waals surface area contributed by atoms with Gasteiger partial charge in [-0.3, -0.25) is 4.79 Å². The summed E-state index contributed by atoms with van der Waals surface area (Å²) in [5.41, 5.74) is 8.59. The summed E-state index contributed by atoms with van der Waals surface area (Å²) in [7, 11) is 1.56. The lowest BCUT2D eigenvalue weighted by Gasteiger charge is -2.13. The normalized spacial score (nSPS) is 29.1. The van der Waals surface area contributed by atoms with E-state index in [0.717, 1.165) is 12.8 Å². The van der Waals surface area contributed by atoms with Crippen LogP contribution in [-0.4, -0.2) is 31.7 Å². The molecule has 1 saturated carbocycles. The fourth-order valence-corrected chi connectivity index (χ4v) is 3.29. The van der Waals surface area contributed by atoms with E-state index in [0.29, 0.717) is 11.8 Å². The lowest BCUT2D eigenvalue weighted by Crippen LogP contribution is -2.44. The highest BCUT2D eigenvalue weighted by Gasteiger charge is 2.53. The van der Waals surface area contributed by atoms with Crippen LogP contribution in [0.25, 0.3) is 0 Å². The molecule has 1 amide bonds. The van der Waals surface area contributed by atoms with Gasteiger partial charge in [-0.2, -0.15) is 0 Å². The molecule has 1 aromatic rings. The molecule has 0 radical (unpaired) electrons. The Hall–Kier alpha value is -1.39. The number of carbonyl (C=O) groups is 1. The van der Waals surface area contributed by atoms with Crippen LogP contribution in [0.2, 0.25) is 0 Å². The maximum absolute atomic E-state index is 11.9. The lowest BCUT2D eigenvalue weighted by molar-refractivity contribution is -0.123. The molecule has 4 nitrogen and oxygen atoms in total. The predicted molar refractivity (Wildman–Crippen MR) is 72.8 cm³/mol. The minimum atomic E-state index is -0.567. The van der Waals surface area contributed by atoms with Crippen LogP contribution in [0, 0.1) is 5.92 Å². The molecular formula is C15H20N2O2. The maximum atomic E-state index is 11.9. The molecule has 3 N–H and O–H groups in total. The third-order valence-corrected chi connectivity index (χ3v) is 4.32. The van der Waals surface area contributed by atoms with Crippen LogP contribution in [-0.2, 0) is 16.0 Å². The molecule has 0 aliphatic heterocycles. The second kappa shape index (κ2) is 4.94. The molecule has 2 aliphatic rings. The Bertz CT molecular complexity index is 489. The zero-order valence-electron chi connectivity index (χ0n) is 11.1. The van der Waals surface area contributed by atoms with Crippen LogP contribution in [0.4, 0.5) is 0 Å². The Morgan fingerprint density at radius 2 is 2.32 bits per heavy atom. The molecule has 0 spiro atoms. The molecule has 1 fully saturated rings. The minimum Gasteiger partial charge on any atom is -0.383 e. The monoisotopic (exact) mass is 260 g/mol. The van der Waals surface area contributed by atoms with Crippen LogP contribution in [0.15, 0.2) is 24.3 Å². The summed E-state index contributed by atoms with van der Waals surface area (Å²) in [4.78, 5) is 11.9. The van der Waals surface area contributed by atoms with Gasteiger partial charge in [0.05, 0.1) is 6.61 Å². The van der Waals surface area contributed by atoms with E-state index in [9.17, 15) is 4.79 Å². The number of aryl methyl sites for hydroxylation is 1. The number of benzene rings is 1. The number of hydrogen-bond acceptors (Lipinski definition) is 3. The molecule has 0 aromatic heterocycles. The molecule has 1 aromatic carbocycles. The Morgan fingerprint density at radius 1 is 1.53 bits per heavy atom. The summed E-state index contributed by atoms with van der Waals surface area (Å²) in [5, 5.41) is 3.08. The zero-order valence-corrected chi connectivity index (χ0v) is 11.1. The van der Waals surface area contributed by atoms with Crippen molar-refractivity contribution in [3.05, 3.63) is 35.4 Å². The smallest absolute Gasteiger partial charge is 0.239 e. The van der Waals surface area contributed by atoms with Crippen LogP contribution < -0.4 is 11.1 Å². The Balaban J connectivity index is 1.66. The fourth-order valence-electron chi connectivity index (χ4n) is 3.29. The quantitative estimate of drug-likeness (QED) is 0.842. The first kappa shape index (κ1) is 12.6. The Labute approximate surface area is 113 Å². The van der Waals surface area contributed by atoms with Crippen molar-refractivity contribution in [3.8, 4) is 0 Å². The lowest BCUT2D eigenvalue weighted by atomic mass is 9.92. The van der Waals surface area contributed by atoms with Crippen LogP contribution in [0.1, 0.15) is 23.5 Å². The van der Waals surface area contributed by atoms with E-state index in [1.807, 2.05) is 0 Å². The Kier molecular flexibility index (Phi) is 3.29. The number of fused-ring (bicyclic) bond motifs is 3. The molecule has 0 saturated heterocycles. The summed E-state index contributed by atoms with van der Waals surface area (Å²) >= 11 is 0. The van der Waals surface area contributed by atoms with Crippen molar-refractivity contribution in [1.29, 1.82) is 0 Å². The summed E-state index contributed by atoms with van der Waals surface area (Å²) in [5.74, 6) is 0.982. The molecule has 2 aliphatic carbocycles. The second-order valence-corrected chi connectivity index (χ2v) is 5.52. The molecule has 4 heteroatoms. The van der Waals surface area contributed by atoms with Gasteiger partial charge in [0.15, 0.2) is 0 Å². The van der Waals surface area contributed by atoms with Gasteiger partial charge in [0.25, 0.3) is 0 Å².